The van der Waals surface area contributed by atoms with E-state index in [0.29, 0.717) is 23.0 Å². The summed E-state index contributed by atoms with van der Waals surface area (Å²) >= 11 is 0. The number of carbonyl (C=O) groups is 1. The molecule has 46 heavy (non-hydrogen) atoms. The number of ether oxygens (including phenoxy) is 3. The van der Waals surface area contributed by atoms with Gasteiger partial charge in [0.05, 0.1) is 25.5 Å². The van der Waals surface area contributed by atoms with Crippen molar-refractivity contribution in [3.8, 4) is 22.9 Å². The Morgan fingerprint density at radius 3 is 2.33 bits per heavy atom. The van der Waals surface area contributed by atoms with Crippen LogP contribution >= 0.6 is 0 Å². The summed E-state index contributed by atoms with van der Waals surface area (Å²) in [5.74, 6) is 0.123. The van der Waals surface area contributed by atoms with Gasteiger partial charge in [0.15, 0.2) is 6.10 Å². The van der Waals surface area contributed by atoms with E-state index in [-0.39, 0.29) is 5.41 Å². The zero-order valence-electron chi connectivity index (χ0n) is 29.0. The van der Waals surface area contributed by atoms with E-state index >= 15 is 0 Å². The van der Waals surface area contributed by atoms with Gasteiger partial charge < -0.3 is 24.2 Å². The molecule has 2 aliphatic rings. The molecular weight excluding hydrogens is 580 g/mol. The summed E-state index contributed by atoms with van der Waals surface area (Å²) in [7, 11) is 3.24. The summed E-state index contributed by atoms with van der Waals surface area (Å²) < 4.78 is 17.1. The predicted octanol–water partition coefficient (Wildman–Crippen LogP) is 6.90. The molecule has 0 amide bonds. The minimum Gasteiger partial charge on any atom is -0.481 e. The Bertz CT molecular complexity index is 1590. The number of hydrogen-bond donors (Lipinski definition) is 1. The molecule has 0 spiro atoms. The van der Waals surface area contributed by atoms with Crippen molar-refractivity contribution in [2.24, 2.45) is 5.41 Å². The van der Waals surface area contributed by atoms with Crippen molar-refractivity contribution in [1.29, 1.82) is 0 Å². The molecule has 3 aromatic rings. The van der Waals surface area contributed by atoms with Gasteiger partial charge in [0.1, 0.15) is 0 Å². The number of benzene rings is 1. The van der Waals surface area contributed by atoms with Crippen LogP contribution in [0.5, 0.6) is 11.8 Å². The van der Waals surface area contributed by atoms with Crippen LogP contribution in [-0.4, -0.2) is 65.4 Å². The lowest BCUT2D eigenvalue weighted by molar-refractivity contribution is -0.160. The number of anilines is 1. The number of pyridine rings is 2. The molecule has 1 N–H and O–H groups in total. The van der Waals surface area contributed by atoms with E-state index in [2.05, 4.69) is 46.8 Å². The second kappa shape index (κ2) is 13.2. The van der Waals surface area contributed by atoms with E-state index in [0.717, 1.165) is 80.1 Å². The van der Waals surface area contributed by atoms with Crippen molar-refractivity contribution in [3.05, 3.63) is 64.0 Å². The first-order chi connectivity index (χ1) is 21.7. The Balaban J connectivity index is 1.54. The number of piperidine rings is 1. The molecule has 5 rings (SSSR count). The average Bonchev–Trinajstić information content (AvgIpc) is 2.99. The molecule has 0 radical (unpaired) electrons. The summed E-state index contributed by atoms with van der Waals surface area (Å²) in [5.41, 5.74) is 8.50. The van der Waals surface area contributed by atoms with Crippen LogP contribution in [0.25, 0.3) is 11.1 Å². The van der Waals surface area contributed by atoms with Crippen LogP contribution < -0.4 is 14.4 Å². The van der Waals surface area contributed by atoms with Crippen molar-refractivity contribution in [1.82, 2.24) is 14.9 Å². The molecule has 0 unspecified atom stereocenters. The molecule has 2 aromatic heterocycles. The van der Waals surface area contributed by atoms with Gasteiger partial charge in [-0.1, -0.05) is 32.0 Å². The minimum atomic E-state index is -1.13. The van der Waals surface area contributed by atoms with Gasteiger partial charge in [0.2, 0.25) is 11.8 Å². The Morgan fingerprint density at radius 2 is 1.70 bits per heavy atom. The highest BCUT2D eigenvalue weighted by molar-refractivity contribution is 5.88. The van der Waals surface area contributed by atoms with Crippen LogP contribution in [0.2, 0.25) is 0 Å². The van der Waals surface area contributed by atoms with Crippen molar-refractivity contribution < 1.29 is 24.1 Å². The molecule has 248 valence electrons. The number of carboxylic acid groups (broad SMARTS) is 1. The molecule has 1 aromatic carbocycles. The predicted molar refractivity (Wildman–Crippen MR) is 181 cm³/mol. The zero-order chi connectivity index (χ0) is 33.4. The van der Waals surface area contributed by atoms with Gasteiger partial charge in [0, 0.05) is 66.9 Å². The number of rotatable bonds is 9. The first kappa shape index (κ1) is 33.7. The number of aryl methyl sites for hydroxylation is 2. The lowest BCUT2D eigenvalue weighted by Gasteiger charge is -2.41. The van der Waals surface area contributed by atoms with Gasteiger partial charge in [-0.15, -0.1) is 0 Å². The lowest BCUT2D eigenvalue weighted by atomic mass is 9.81. The molecule has 1 atom stereocenters. The average molecular weight is 631 g/mol. The third kappa shape index (κ3) is 7.31. The second-order valence-electron chi connectivity index (χ2n) is 14.5. The molecule has 0 bridgehead atoms. The zero-order valence-corrected chi connectivity index (χ0v) is 29.0. The van der Waals surface area contributed by atoms with Crippen LogP contribution in [0, 0.1) is 19.3 Å². The fourth-order valence-electron chi connectivity index (χ4n) is 6.76. The SMILES string of the molecule is COc1ccc(CN2CCc3cc(-c4c(C)nc(C)c([C@H](OC(C)(C)C)C(=O)O)c4N4CCC(C)(C)CC4)ccc3C2)c(OC)n1. The van der Waals surface area contributed by atoms with E-state index in [4.69, 9.17) is 19.2 Å². The molecule has 9 nitrogen and oxygen atoms in total. The van der Waals surface area contributed by atoms with E-state index in [1.54, 1.807) is 14.2 Å². The molecular formula is C37H50N4O5. The van der Waals surface area contributed by atoms with Crippen LogP contribution in [0.1, 0.15) is 87.2 Å². The molecule has 9 heteroatoms. The van der Waals surface area contributed by atoms with Crippen molar-refractivity contribution in [2.75, 3.05) is 38.8 Å². The number of carboxylic acids is 1. The maximum Gasteiger partial charge on any atom is 0.337 e. The van der Waals surface area contributed by atoms with E-state index in [1.807, 2.05) is 46.8 Å². The van der Waals surface area contributed by atoms with Gasteiger partial charge in [-0.25, -0.2) is 4.79 Å². The first-order valence-electron chi connectivity index (χ1n) is 16.3. The molecule has 0 aliphatic carbocycles. The normalized spacial score (nSPS) is 17.4. The van der Waals surface area contributed by atoms with Crippen molar-refractivity contribution in [3.63, 3.8) is 0 Å². The number of methoxy groups -OCH3 is 2. The fraction of sp³-hybridized carbons (Fsp3) is 0.541. The van der Waals surface area contributed by atoms with E-state index in [9.17, 15) is 9.90 Å². The number of hydrogen-bond acceptors (Lipinski definition) is 8. The van der Waals surface area contributed by atoms with Gasteiger partial charge in [-0.2, -0.15) is 4.98 Å². The monoisotopic (exact) mass is 630 g/mol. The van der Waals surface area contributed by atoms with Crippen LogP contribution in [0.15, 0.2) is 30.3 Å². The van der Waals surface area contributed by atoms with Crippen molar-refractivity contribution >= 4 is 11.7 Å². The van der Waals surface area contributed by atoms with Gasteiger partial charge in [-0.05, 0) is 82.1 Å². The summed E-state index contributed by atoms with van der Waals surface area (Å²) in [6.45, 7) is 18.4. The quantitative estimate of drug-likeness (QED) is 0.271. The third-order valence-corrected chi connectivity index (χ3v) is 9.27. The molecule has 1 saturated heterocycles. The van der Waals surface area contributed by atoms with Gasteiger partial charge >= 0.3 is 5.97 Å². The fourth-order valence-corrected chi connectivity index (χ4v) is 6.76. The Labute approximate surface area is 273 Å². The van der Waals surface area contributed by atoms with Crippen LogP contribution in [0.3, 0.4) is 0 Å². The largest absolute Gasteiger partial charge is 0.481 e. The topological polar surface area (TPSA) is 97.2 Å². The Morgan fingerprint density at radius 1 is 0.978 bits per heavy atom. The number of nitrogens with zero attached hydrogens (tertiary/aromatic N) is 4. The standard InChI is InChI=1S/C37H50N4O5/c1-23-30(26-10-11-27-21-40(17-14-25(27)20-26)22-28-12-13-29(44-8)39-34(28)45-9)32(41-18-15-37(6,7)16-19-41)31(24(2)38-23)33(35(42)43)46-36(3,4)5/h10-13,20,33H,14-19,21-22H2,1-9H3,(H,42,43)/t33-/m0/s1. The highest BCUT2D eigenvalue weighted by Crippen LogP contribution is 2.45. The summed E-state index contributed by atoms with van der Waals surface area (Å²) in [6.07, 6.45) is 1.82. The second-order valence-corrected chi connectivity index (χ2v) is 14.5. The smallest absolute Gasteiger partial charge is 0.337 e. The summed E-state index contributed by atoms with van der Waals surface area (Å²) in [6, 6.07) is 10.6. The molecule has 1 fully saturated rings. The van der Waals surface area contributed by atoms with E-state index in [1.165, 1.54) is 11.1 Å². The number of fused-ring (bicyclic) bond motifs is 1. The highest BCUT2D eigenvalue weighted by Gasteiger charge is 2.36. The first-order valence-corrected chi connectivity index (χ1v) is 16.3. The van der Waals surface area contributed by atoms with Crippen LogP contribution in [-0.2, 0) is 29.0 Å². The molecule has 4 heterocycles. The maximum absolute atomic E-state index is 12.8. The third-order valence-electron chi connectivity index (χ3n) is 9.27. The highest BCUT2D eigenvalue weighted by atomic mass is 16.5. The van der Waals surface area contributed by atoms with E-state index < -0.39 is 17.7 Å². The minimum absolute atomic E-state index is 0.242. The molecule has 2 aliphatic heterocycles. The number of aliphatic carboxylic acids is 1. The number of aromatic nitrogens is 2. The van der Waals surface area contributed by atoms with Gasteiger partial charge in [-0.3, -0.25) is 9.88 Å². The summed E-state index contributed by atoms with van der Waals surface area (Å²) in [4.78, 5) is 27.0. The Kier molecular flexibility index (Phi) is 9.66. The van der Waals surface area contributed by atoms with Crippen molar-refractivity contribution in [2.45, 2.75) is 92.5 Å². The molecule has 0 saturated carbocycles. The Hall–Kier alpha value is -3.69. The summed E-state index contributed by atoms with van der Waals surface area (Å²) in [5, 5.41) is 10.5. The lowest BCUT2D eigenvalue weighted by Crippen LogP contribution is -2.39. The van der Waals surface area contributed by atoms with Crippen LogP contribution in [0.4, 0.5) is 5.69 Å². The van der Waals surface area contributed by atoms with Gasteiger partial charge in [0.25, 0.3) is 0 Å². The maximum atomic E-state index is 12.8.